The number of rotatable bonds is 5. The Labute approximate surface area is 181 Å². The predicted octanol–water partition coefficient (Wildman–Crippen LogP) is 6.27. The molecule has 0 bridgehead atoms. The number of pyridine rings is 1. The van der Waals surface area contributed by atoms with Crippen molar-refractivity contribution in [3.05, 3.63) is 76.2 Å². The summed E-state index contributed by atoms with van der Waals surface area (Å²) in [5.74, 6) is -2.49. The Morgan fingerprint density at radius 2 is 1.69 bits per heavy atom. The van der Waals surface area contributed by atoms with Crippen molar-refractivity contribution < 1.29 is 35.8 Å². The lowest BCUT2D eigenvalue weighted by Crippen LogP contribution is -2.26. The van der Waals surface area contributed by atoms with Gasteiger partial charge in [0.15, 0.2) is 11.6 Å². The second kappa shape index (κ2) is 8.57. The fraction of sp³-hybridized carbons (Fsp3) is 0.190. The van der Waals surface area contributed by atoms with E-state index in [0.29, 0.717) is 12.1 Å². The first-order valence-corrected chi connectivity index (χ1v) is 10.9. The molecule has 2 N–H and O–H groups in total. The summed E-state index contributed by atoms with van der Waals surface area (Å²) in [7, 11) is -2.13. The zero-order valence-corrected chi connectivity index (χ0v) is 17.6. The molecule has 0 atom stereocenters. The van der Waals surface area contributed by atoms with Crippen LogP contribution in [0.2, 0.25) is 0 Å². The number of ether oxygens (including phenoxy) is 1. The molecule has 0 aliphatic rings. The minimum absolute atomic E-state index is 0.0179. The molecule has 0 saturated heterocycles. The summed E-state index contributed by atoms with van der Waals surface area (Å²) in [5.41, 5.74) is -2.91. The van der Waals surface area contributed by atoms with Gasteiger partial charge in [0.1, 0.15) is 17.1 Å². The van der Waals surface area contributed by atoms with Crippen molar-refractivity contribution in [2.24, 2.45) is 7.05 Å². The molecule has 3 aromatic rings. The van der Waals surface area contributed by atoms with Crippen molar-refractivity contribution in [2.45, 2.75) is 18.0 Å². The SMILES string of the molecule is CCS(O)(O)c1ccc(Oc2ccc(F)cc2F)c(-c2cc(C(F)(F)F)c(=O)n(C)c2)c1. The summed E-state index contributed by atoms with van der Waals surface area (Å²) >= 11 is 0. The van der Waals surface area contributed by atoms with E-state index in [9.17, 15) is 35.9 Å². The number of benzene rings is 2. The number of aromatic nitrogens is 1. The van der Waals surface area contributed by atoms with Crippen molar-refractivity contribution in [3.8, 4) is 22.6 Å². The minimum Gasteiger partial charge on any atom is -0.454 e. The van der Waals surface area contributed by atoms with Gasteiger partial charge >= 0.3 is 6.18 Å². The number of halogens is 5. The molecule has 0 spiro atoms. The van der Waals surface area contributed by atoms with Crippen LogP contribution in [0.1, 0.15) is 12.5 Å². The van der Waals surface area contributed by atoms with Crippen molar-refractivity contribution in [1.29, 1.82) is 0 Å². The maximum absolute atomic E-state index is 14.1. The molecule has 0 radical (unpaired) electrons. The first-order valence-electron chi connectivity index (χ1n) is 9.14. The van der Waals surface area contributed by atoms with Crippen molar-refractivity contribution in [2.75, 3.05) is 5.75 Å². The zero-order valence-electron chi connectivity index (χ0n) is 16.8. The molecule has 11 heteroatoms. The standard InChI is InChI=1S/C21H18F5NO4S/c1-3-32(29,30)14-5-7-18(31-19-6-4-13(22)9-17(19)23)15(10-14)12-8-16(21(24,25)26)20(28)27(2)11-12/h4-11,29-30H,3H2,1-2H3. The Bertz CT molecular complexity index is 1220. The van der Waals surface area contributed by atoms with Crippen LogP contribution in [0.4, 0.5) is 22.0 Å². The Hall–Kier alpha value is -2.89. The molecule has 172 valence electrons. The van der Waals surface area contributed by atoms with Gasteiger partial charge in [0, 0.05) is 36.2 Å². The number of nitrogens with zero attached hydrogens (tertiary/aromatic N) is 1. The Morgan fingerprint density at radius 1 is 1.03 bits per heavy atom. The maximum atomic E-state index is 14.1. The normalized spacial score (nSPS) is 12.7. The first kappa shape index (κ1) is 23.8. The molecule has 2 aromatic carbocycles. The van der Waals surface area contributed by atoms with Crippen LogP contribution in [0.15, 0.2) is 58.4 Å². The highest BCUT2D eigenvalue weighted by Crippen LogP contribution is 2.50. The van der Waals surface area contributed by atoms with Gasteiger partial charge in [0.25, 0.3) is 5.56 Å². The van der Waals surface area contributed by atoms with Gasteiger partial charge in [-0.15, -0.1) is 0 Å². The van der Waals surface area contributed by atoms with Gasteiger partial charge in [-0.25, -0.2) is 8.78 Å². The monoisotopic (exact) mass is 475 g/mol. The van der Waals surface area contributed by atoms with Gasteiger partial charge in [-0.05, 0) is 43.3 Å². The second-order valence-electron chi connectivity index (χ2n) is 6.85. The third-order valence-electron chi connectivity index (χ3n) is 4.64. The fourth-order valence-electron chi connectivity index (χ4n) is 2.93. The molecule has 5 nitrogen and oxygen atoms in total. The number of hydrogen-bond acceptors (Lipinski definition) is 4. The smallest absolute Gasteiger partial charge is 0.421 e. The van der Waals surface area contributed by atoms with Crippen LogP contribution in [0.3, 0.4) is 0 Å². The quantitative estimate of drug-likeness (QED) is 0.427. The lowest BCUT2D eigenvalue weighted by atomic mass is 10.0. The van der Waals surface area contributed by atoms with E-state index in [1.165, 1.54) is 25.1 Å². The summed E-state index contributed by atoms with van der Waals surface area (Å²) in [5, 5.41) is 0. The first-order chi connectivity index (χ1) is 14.8. The van der Waals surface area contributed by atoms with Crippen LogP contribution >= 0.6 is 10.6 Å². The van der Waals surface area contributed by atoms with Gasteiger partial charge < -0.3 is 9.30 Å². The van der Waals surface area contributed by atoms with E-state index in [2.05, 4.69) is 0 Å². The largest absolute Gasteiger partial charge is 0.454 e. The molecular formula is C21H18F5NO4S. The van der Waals surface area contributed by atoms with Crippen molar-refractivity contribution >= 4 is 10.6 Å². The maximum Gasteiger partial charge on any atom is 0.421 e. The van der Waals surface area contributed by atoms with E-state index < -0.39 is 45.3 Å². The van der Waals surface area contributed by atoms with E-state index in [-0.39, 0.29) is 27.5 Å². The van der Waals surface area contributed by atoms with Crippen LogP contribution in [-0.4, -0.2) is 19.4 Å². The topological polar surface area (TPSA) is 71.7 Å². The van der Waals surface area contributed by atoms with Gasteiger partial charge in [-0.3, -0.25) is 13.9 Å². The highest BCUT2D eigenvalue weighted by atomic mass is 32.3. The third-order valence-corrected chi connectivity index (χ3v) is 6.46. The highest BCUT2D eigenvalue weighted by Gasteiger charge is 2.35. The molecule has 0 aliphatic heterocycles. The summed E-state index contributed by atoms with van der Waals surface area (Å²) in [4.78, 5) is 12.0. The van der Waals surface area contributed by atoms with Gasteiger partial charge in [-0.2, -0.15) is 23.8 Å². The second-order valence-corrected chi connectivity index (χ2v) is 9.23. The predicted molar refractivity (Wildman–Crippen MR) is 110 cm³/mol. The number of aryl methyl sites for hydroxylation is 1. The molecule has 32 heavy (non-hydrogen) atoms. The number of alkyl halides is 3. The Balaban J connectivity index is 2.25. The molecule has 1 heterocycles. The van der Waals surface area contributed by atoms with Crippen LogP contribution in [0, 0.1) is 11.6 Å². The molecular weight excluding hydrogens is 457 g/mol. The minimum atomic E-state index is -4.95. The van der Waals surface area contributed by atoms with Gasteiger partial charge in [0.2, 0.25) is 0 Å². The molecule has 0 amide bonds. The average molecular weight is 475 g/mol. The average Bonchev–Trinajstić information content (AvgIpc) is 2.71. The van der Waals surface area contributed by atoms with E-state index in [1.807, 2.05) is 0 Å². The Morgan fingerprint density at radius 3 is 2.28 bits per heavy atom. The number of hydrogen-bond donors (Lipinski definition) is 2. The summed E-state index contributed by atoms with van der Waals surface area (Å²) in [6.07, 6.45) is -3.83. The summed E-state index contributed by atoms with van der Waals surface area (Å²) < 4.78 is 94.2. The van der Waals surface area contributed by atoms with E-state index >= 15 is 0 Å². The molecule has 0 aliphatic carbocycles. The molecule has 0 saturated carbocycles. The van der Waals surface area contributed by atoms with E-state index in [4.69, 9.17) is 4.74 Å². The summed E-state index contributed by atoms with van der Waals surface area (Å²) in [6, 6.07) is 6.84. The fourth-order valence-corrected chi connectivity index (χ4v) is 3.86. The molecule has 3 rings (SSSR count). The Kier molecular flexibility index (Phi) is 6.36. The molecule has 1 aromatic heterocycles. The van der Waals surface area contributed by atoms with Crippen LogP contribution in [-0.2, 0) is 13.2 Å². The van der Waals surface area contributed by atoms with Crippen molar-refractivity contribution in [3.63, 3.8) is 0 Å². The zero-order chi connectivity index (χ0) is 23.8. The highest BCUT2D eigenvalue weighted by molar-refractivity contribution is 8.24. The van der Waals surface area contributed by atoms with Crippen LogP contribution < -0.4 is 10.3 Å². The third kappa shape index (κ3) is 4.79. The van der Waals surface area contributed by atoms with Gasteiger partial charge in [0.05, 0.1) is 4.90 Å². The lowest BCUT2D eigenvalue weighted by molar-refractivity contribution is -0.138. The molecule has 0 fully saturated rings. The van der Waals surface area contributed by atoms with E-state index in [1.54, 1.807) is 0 Å². The lowest BCUT2D eigenvalue weighted by Gasteiger charge is -2.31. The summed E-state index contributed by atoms with van der Waals surface area (Å²) in [6.45, 7) is 1.52. The van der Waals surface area contributed by atoms with E-state index in [0.717, 1.165) is 29.9 Å². The van der Waals surface area contributed by atoms with Crippen LogP contribution in [0.5, 0.6) is 11.5 Å². The van der Waals surface area contributed by atoms with Crippen LogP contribution in [0.25, 0.3) is 11.1 Å². The van der Waals surface area contributed by atoms with Crippen molar-refractivity contribution in [1.82, 2.24) is 4.57 Å². The van der Waals surface area contributed by atoms with Gasteiger partial charge in [-0.1, -0.05) is 0 Å². The molecule has 0 unspecified atom stereocenters.